The minimum absolute atomic E-state index is 0.00459. The second-order valence-corrected chi connectivity index (χ2v) is 2.83. The van der Waals surface area contributed by atoms with E-state index in [1.165, 1.54) is 13.2 Å². The standard InChI is InChI=1S/C10H12N2O3/c1-14-10(13)7-3-2-4-8(5-7)15-6-9(11)12/h2-5H,6H2,1H3,(H3,11,12). The summed E-state index contributed by atoms with van der Waals surface area (Å²) in [6.07, 6.45) is 0. The number of ether oxygens (including phenoxy) is 2. The molecular weight excluding hydrogens is 196 g/mol. The number of benzene rings is 1. The van der Waals surface area contributed by atoms with Gasteiger partial charge in [0.05, 0.1) is 12.7 Å². The first-order chi connectivity index (χ1) is 7.13. The van der Waals surface area contributed by atoms with Crippen LogP contribution in [0.25, 0.3) is 0 Å². The summed E-state index contributed by atoms with van der Waals surface area (Å²) in [5.74, 6) is -0.0187. The van der Waals surface area contributed by atoms with Crippen molar-refractivity contribution in [2.24, 2.45) is 5.73 Å². The Labute approximate surface area is 87.3 Å². The third kappa shape index (κ3) is 3.30. The number of methoxy groups -OCH3 is 1. The van der Waals surface area contributed by atoms with Gasteiger partial charge in [-0.25, -0.2) is 4.79 Å². The molecule has 0 aromatic heterocycles. The van der Waals surface area contributed by atoms with Crippen LogP contribution >= 0.6 is 0 Å². The molecule has 1 rings (SSSR count). The largest absolute Gasteiger partial charge is 0.486 e. The molecule has 0 radical (unpaired) electrons. The van der Waals surface area contributed by atoms with Gasteiger partial charge in [-0.05, 0) is 18.2 Å². The summed E-state index contributed by atoms with van der Waals surface area (Å²) in [6.45, 7) is 0.00459. The zero-order chi connectivity index (χ0) is 11.3. The van der Waals surface area contributed by atoms with E-state index in [-0.39, 0.29) is 12.4 Å². The normalized spacial score (nSPS) is 9.40. The molecule has 0 amide bonds. The van der Waals surface area contributed by atoms with Crippen LogP contribution in [0, 0.1) is 5.41 Å². The number of amidine groups is 1. The van der Waals surface area contributed by atoms with Crippen LogP contribution in [0.3, 0.4) is 0 Å². The molecule has 0 aliphatic carbocycles. The molecule has 5 heteroatoms. The highest BCUT2D eigenvalue weighted by Crippen LogP contribution is 2.13. The van der Waals surface area contributed by atoms with Crippen molar-refractivity contribution >= 4 is 11.8 Å². The first-order valence-electron chi connectivity index (χ1n) is 4.27. The summed E-state index contributed by atoms with van der Waals surface area (Å²) in [7, 11) is 1.31. The number of nitrogens with two attached hydrogens (primary N) is 1. The van der Waals surface area contributed by atoms with E-state index in [0.29, 0.717) is 11.3 Å². The van der Waals surface area contributed by atoms with Gasteiger partial charge in [0.1, 0.15) is 18.2 Å². The monoisotopic (exact) mass is 208 g/mol. The van der Waals surface area contributed by atoms with Crippen molar-refractivity contribution in [3.8, 4) is 5.75 Å². The van der Waals surface area contributed by atoms with Gasteiger partial charge in [-0.3, -0.25) is 5.41 Å². The summed E-state index contributed by atoms with van der Waals surface area (Å²) >= 11 is 0. The Bertz CT molecular complexity index is 377. The lowest BCUT2D eigenvalue weighted by atomic mass is 10.2. The molecule has 0 aliphatic rings. The Morgan fingerprint density at radius 2 is 2.27 bits per heavy atom. The van der Waals surface area contributed by atoms with E-state index in [9.17, 15) is 4.79 Å². The molecule has 0 fully saturated rings. The predicted molar refractivity (Wildman–Crippen MR) is 55.2 cm³/mol. The van der Waals surface area contributed by atoms with Crippen molar-refractivity contribution in [3.63, 3.8) is 0 Å². The molecule has 0 bridgehead atoms. The highest BCUT2D eigenvalue weighted by molar-refractivity contribution is 5.89. The van der Waals surface area contributed by atoms with Crippen molar-refractivity contribution in [2.45, 2.75) is 0 Å². The Hall–Kier alpha value is -2.04. The minimum atomic E-state index is -0.428. The second kappa shape index (κ2) is 4.99. The van der Waals surface area contributed by atoms with Crippen LogP contribution in [0.1, 0.15) is 10.4 Å². The van der Waals surface area contributed by atoms with Gasteiger partial charge in [-0.1, -0.05) is 6.07 Å². The fourth-order valence-corrected chi connectivity index (χ4v) is 0.992. The summed E-state index contributed by atoms with van der Waals surface area (Å²) in [5.41, 5.74) is 5.53. The van der Waals surface area contributed by atoms with Crippen molar-refractivity contribution in [3.05, 3.63) is 29.8 Å². The van der Waals surface area contributed by atoms with E-state index in [0.717, 1.165) is 0 Å². The molecule has 80 valence electrons. The molecule has 0 saturated carbocycles. The first kappa shape index (κ1) is 11.0. The average molecular weight is 208 g/mol. The summed E-state index contributed by atoms with van der Waals surface area (Å²) in [6, 6.07) is 6.50. The molecule has 0 heterocycles. The number of hydrogen-bond acceptors (Lipinski definition) is 4. The van der Waals surface area contributed by atoms with E-state index in [4.69, 9.17) is 15.9 Å². The van der Waals surface area contributed by atoms with E-state index < -0.39 is 5.97 Å². The van der Waals surface area contributed by atoms with E-state index in [1.807, 2.05) is 0 Å². The van der Waals surface area contributed by atoms with Crippen LogP contribution in [0.15, 0.2) is 24.3 Å². The zero-order valence-corrected chi connectivity index (χ0v) is 8.32. The Morgan fingerprint density at radius 1 is 1.53 bits per heavy atom. The Balaban J connectivity index is 2.74. The Morgan fingerprint density at radius 3 is 2.87 bits per heavy atom. The van der Waals surface area contributed by atoms with Crippen LogP contribution in [0.4, 0.5) is 0 Å². The maximum atomic E-state index is 11.2. The molecule has 0 spiro atoms. The second-order valence-electron chi connectivity index (χ2n) is 2.83. The van der Waals surface area contributed by atoms with Crippen molar-refractivity contribution in [2.75, 3.05) is 13.7 Å². The highest BCUT2D eigenvalue weighted by Gasteiger charge is 2.05. The quantitative estimate of drug-likeness (QED) is 0.435. The molecular formula is C10H12N2O3. The molecule has 15 heavy (non-hydrogen) atoms. The number of hydrogen-bond donors (Lipinski definition) is 2. The van der Waals surface area contributed by atoms with Crippen LogP contribution in [-0.4, -0.2) is 25.5 Å². The van der Waals surface area contributed by atoms with Gasteiger partial charge < -0.3 is 15.2 Å². The summed E-state index contributed by atoms with van der Waals surface area (Å²) in [5, 5.41) is 6.98. The van der Waals surface area contributed by atoms with Crippen molar-refractivity contribution in [1.82, 2.24) is 0 Å². The van der Waals surface area contributed by atoms with Gasteiger partial charge in [0.25, 0.3) is 0 Å². The molecule has 0 unspecified atom stereocenters. The molecule has 0 saturated heterocycles. The first-order valence-corrected chi connectivity index (χ1v) is 4.27. The summed E-state index contributed by atoms with van der Waals surface area (Å²) < 4.78 is 9.70. The number of rotatable bonds is 4. The smallest absolute Gasteiger partial charge is 0.337 e. The number of carbonyl (C=O) groups excluding carboxylic acids is 1. The SMILES string of the molecule is COC(=O)c1cccc(OCC(=N)N)c1. The van der Waals surface area contributed by atoms with Crippen LogP contribution in [-0.2, 0) is 4.74 Å². The van der Waals surface area contributed by atoms with Gasteiger partial charge >= 0.3 is 5.97 Å². The molecule has 5 nitrogen and oxygen atoms in total. The number of esters is 1. The third-order valence-corrected chi connectivity index (χ3v) is 1.65. The van der Waals surface area contributed by atoms with Gasteiger partial charge in [-0.2, -0.15) is 0 Å². The lowest BCUT2D eigenvalue weighted by Crippen LogP contribution is -2.19. The minimum Gasteiger partial charge on any atom is -0.486 e. The fraction of sp³-hybridized carbons (Fsp3) is 0.200. The number of carbonyl (C=O) groups is 1. The van der Waals surface area contributed by atoms with E-state index in [2.05, 4.69) is 4.74 Å². The van der Waals surface area contributed by atoms with Crippen LogP contribution in [0.5, 0.6) is 5.75 Å². The van der Waals surface area contributed by atoms with Crippen LogP contribution < -0.4 is 10.5 Å². The highest BCUT2D eigenvalue weighted by atomic mass is 16.5. The van der Waals surface area contributed by atoms with Gasteiger partial charge in [0.2, 0.25) is 0 Å². The van der Waals surface area contributed by atoms with E-state index >= 15 is 0 Å². The molecule has 1 aromatic rings. The fourth-order valence-electron chi connectivity index (χ4n) is 0.992. The van der Waals surface area contributed by atoms with Crippen molar-refractivity contribution in [1.29, 1.82) is 5.41 Å². The lowest BCUT2D eigenvalue weighted by molar-refractivity contribution is 0.0600. The molecule has 1 aromatic carbocycles. The Kier molecular flexibility index (Phi) is 3.68. The van der Waals surface area contributed by atoms with Gasteiger partial charge in [0.15, 0.2) is 0 Å². The molecule has 0 aliphatic heterocycles. The average Bonchev–Trinajstić information content (AvgIpc) is 2.25. The van der Waals surface area contributed by atoms with Gasteiger partial charge in [0, 0.05) is 0 Å². The predicted octanol–water partition coefficient (Wildman–Crippen LogP) is 0.788. The maximum Gasteiger partial charge on any atom is 0.337 e. The summed E-state index contributed by atoms with van der Waals surface area (Å²) in [4.78, 5) is 11.2. The maximum absolute atomic E-state index is 11.2. The zero-order valence-electron chi connectivity index (χ0n) is 8.32. The topological polar surface area (TPSA) is 85.4 Å². The molecule has 0 atom stereocenters. The molecule has 3 N–H and O–H groups in total. The van der Waals surface area contributed by atoms with Crippen molar-refractivity contribution < 1.29 is 14.3 Å². The lowest BCUT2D eigenvalue weighted by Gasteiger charge is -2.05. The van der Waals surface area contributed by atoms with Gasteiger partial charge in [-0.15, -0.1) is 0 Å². The van der Waals surface area contributed by atoms with Crippen LogP contribution in [0.2, 0.25) is 0 Å². The number of nitrogens with one attached hydrogen (secondary N) is 1. The van der Waals surface area contributed by atoms with E-state index in [1.54, 1.807) is 18.2 Å². The third-order valence-electron chi connectivity index (χ3n) is 1.65.